The van der Waals surface area contributed by atoms with Crippen LogP contribution in [0, 0.1) is 5.82 Å². The smallest absolute Gasteiger partial charge is 0.354 e. The molecule has 6 rings (SSSR count). The molecule has 0 bridgehead atoms. The Hall–Kier alpha value is -3.87. The first-order valence-electron chi connectivity index (χ1n) is 13.0. The second-order valence-electron chi connectivity index (χ2n) is 9.71. The molecule has 208 valence electrons. The van der Waals surface area contributed by atoms with Gasteiger partial charge in [-0.05, 0) is 49.6 Å². The highest BCUT2D eigenvalue weighted by atomic mass is 35.5. The van der Waals surface area contributed by atoms with Crippen LogP contribution in [0.2, 0.25) is 5.02 Å². The number of benzene rings is 1. The van der Waals surface area contributed by atoms with Gasteiger partial charge >= 0.3 is 12.0 Å². The Bertz CT molecular complexity index is 1540. The van der Waals surface area contributed by atoms with Gasteiger partial charge in [-0.15, -0.1) is 0 Å². The lowest BCUT2D eigenvalue weighted by atomic mass is 10.1. The largest absolute Gasteiger partial charge is 0.477 e. The number of carbonyl (C=O) groups is 1. The number of hydrogen-bond donors (Lipinski definition) is 1. The van der Waals surface area contributed by atoms with Crippen molar-refractivity contribution in [1.29, 1.82) is 0 Å². The van der Waals surface area contributed by atoms with Gasteiger partial charge in [-0.25, -0.2) is 24.1 Å². The Morgan fingerprint density at radius 3 is 2.67 bits per heavy atom. The Morgan fingerprint density at radius 1 is 1.12 bits per heavy atom. The molecule has 3 aromatic heterocycles. The Morgan fingerprint density at radius 2 is 1.95 bits per heavy atom. The zero-order valence-electron chi connectivity index (χ0n) is 21.4. The van der Waals surface area contributed by atoms with E-state index in [0.717, 1.165) is 50.8 Å². The van der Waals surface area contributed by atoms with E-state index < -0.39 is 11.8 Å². The van der Waals surface area contributed by atoms with E-state index in [9.17, 15) is 14.3 Å². The maximum absolute atomic E-state index is 14.1. The van der Waals surface area contributed by atoms with Crippen molar-refractivity contribution in [1.82, 2.24) is 29.4 Å². The van der Waals surface area contributed by atoms with E-state index in [2.05, 4.69) is 19.9 Å². The van der Waals surface area contributed by atoms with Gasteiger partial charge in [0.15, 0.2) is 22.9 Å². The number of halogens is 2. The number of carboxylic acid groups (broad SMARTS) is 1. The van der Waals surface area contributed by atoms with Gasteiger partial charge in [0.1, 0.15) is 17.4 Å². The first-order chi connectivity index (χ1) is 19.4. The molecule has 11 nitrogen and oxygen atoms in total. The van der Waals surface area contributed by atoms with E-state index in [1.54, 1.807) is 12.1 Å². The summed E-state index contributed by atoms with van der Waals surface area (Å²) in [4.78, 5) is 31.2. The third-order valence-electron chi connectivity index (χ3n) is 6.96. The fourth-order valence-electron chi connectivity index (χ4n) is 4.76. The van der Waals surface area contributed by atoms with Crippen LogP contribution < -0.4 is 9.47 Å². The van der Waals surface area contributed by atoms with Crippen LogP contribution in [0.15, 0.2) is 42.6 Å². The topological polar surface area (TPSA) is 125 Å². The quantitative estimate of drug-likeness (QED) is 0.312. The van der Waals surface area contributed by atoms with Crippen LogP contribution in [-0.4, -0.2) is 72.4 Å². The molecule has 5 heterocycles. The van der Waals surface area contributed by atoms with Gasteiger partial charge < -0.3 is 23.9 Å². The summed E-state index contributed by atoms with van der Waals surface area (Å²) in [7, 11) is 0. The van der Waals surface area contributed by atoms with E-state index in [1.165, 1.54) is 24.4 Å². The molecule has 0 unspecified atom stereocenters. The van der Waals surface area contributed by atoms with Gasteiger partial charge in [-0.2, -0.15) is 4.98 Å². The number of carboxylic acids is 1. The van der Waals surface area contributed by atoms with E-state index in [0.29, 0.717) is 30.1 Å². The lowest BCUT2D eigenvalue weighted by Crippen LogP contribution is -2.39. The van der Waals surface area contributed by atoms with E-state index in [1.807, 2.05) is 4.57 Å². The highest BCUT2D eigenvalue weighted by Crippen LogP contribution is 2.27. The normalized spacial score (nSPS) is 18.0. The van der Waals surface area contributed by atoms with Gasteiger partial charge in [0.05, 0.1) is 19.2 Å². The van der Waals surface area contributed by atoms with Crippen LogP contribution in [0.3, 0.4) is 0 Å². The number of nitrogens with zero attached hydrogens (tertiary/aromatic N) is 6. The lowest BCUT2D eigenvalue weighted by Gasteiger charge is -2.32. The van der Waals surface area contributed by atoms with Crippen molar-refractivity contribution in [3.8, 4) is 17.6 Å². The van der Waals surface area contributed by atoms with E-state index in [-0.39, 0.29) is 34.7 Å². The molecular weight excluding hydrogens is 543 g/mol. The fourth-order valence-corrected chi connectivity index (χ4v) is 4.92. The van der Waals surface area contributed by atoms with Crippen LogP contribution in [0.25, 0.3) is 11.2 Å². The molecule has 0 spiro atoms. The summed E-state index contributed by atoms with van der Waals surface area (Å²) in [6, 6.07) is 8.89. The summed E-state index contributed by atoms with van der Waals surface area (Å²) >= 11 is 5.80. The van der Waals surface area contributed by atoms with Gasteiger partial charge in [0.25, 0.3) is 0 Å². The minimum Gasteiger partial charge on any atom is -0.477 e. The first-order valence-corrected chi connectivity index (χ1v) is 13.3. The SMILES string of the molecule is O=C(O)c1ccc2nc(CN3CCC(Oc4ccnc(Oc5ccc(Cl)cc5F)n4)CC3)n(C[C@@H]3CCO3)c2n1. The van der Waals surface area contributed by atoms with Crippen LogP contribution in [0.1, 0.15) is 35.6 Å². The highest BCUT2D eigenvalue weighted by Gasteiger charge is 2.26. The number of fused-ring (bicyclic) bond motifs is 1. The maximum Gasteiger partial charge on any atom is 0.354 e. The van der Waals surface area contributed by atoms with Crippen molar-refractivity contribution in [3.05, 3.63) is 65.0 Å². The average molecular weight is 569 g/mol. The van der Waals surface area contributed by atoms with Crippen molar-refractivity contribution < 1.29 is 28.5 Å². The summed E-state index contributed by atoms with van der Waals surface area (Å²) in [5.74, 6) is -0.536. The zero-order valence-corrected chi connectivity index (χ0v) is 22.1. The number of pyridine rings is 1. The summed E-state index contributed by atoms with van der Waals surface area (Å²) < 4.78 is 33.3. The lowest BCUT2D eigenvalue weighted by molar-refractivity contribution is -0.0593. The van der Waals surface area contributed by atoms with Gasteiger partial charge in [0, 0.05) is 37.0 Å². The van der Waals surface area contributed by atoms with Gasteiger partial charge in [-0.1, -0.05) is 11.6 Å². The molecule has 1 N–H and O–H groups in total. The molecule has 1 atom stereocenters. The summed E-state index contributed by atoms with van der Waals surface area (Å²) in [5, 5.41) is 9.67. The van der Waals surface area contributed by atoms with Crippen molar-refractivity contribution in [2.24, 2.45) is 0 Å². The molecule has 1 aromatic carbocycles. The van der Waals surface area contributed by atoms with E-state index in [4.69, 9.17) is 30.8 Å². The summed E-state index contributed by atoms with van der Waals surface area (Å²) in [6.07, 6.45) is 3.99. The van der Waals surface area contributed by atoms with Crippen molar-refractivity contribution in [3.63, 3.8) is 0 Å². The zero-order chi connectivity index (χ0) is 27.6. The van der Waals surface area contributed by atoms with Crippen LogP contribution >= 0.6 is 11.6 Å². The Kier molecular flexibility index (Phi) is 7.46. The molecular formula is C27H26ClFN6O5. The summed E-state index contributed by atoms with van der Waals surface area (Å²) in [5.41, 5.74) is 1.21. The molecule has 13 heteroatoms. The molecule has 2 saturated heterocycles. The number of likely N-dealkylation sites (tertiary alicyclic amines) is 1. The standard InChI is InChI=1S/C27H26ClFN6O5/c28-16-1-4-22(19(29)13-16)40-27-30-9-5-24(33-27)39-17-6-10-34(11-7-17)15-23-31-20-2-3-21(26(36)37)32-25(20)35(23)14-18-8-12-38-18/h1-5,9,13,17-18H,6-8,10-12,14-15H2,(H,36,37)/t18-/m0/s1. The van der Waals surface area contributed by atoms with Crippen molar-refractivity contribution in [2.75, 3.05) is 19.7 Å². The summed E-state index contributed by atoms with van der Waals surface area (Å²) in [6.45, 7) is 3.44. The van der Waals surface area contributed by atoms with Crippen molar-refractivity contribution >= 4 is 28.7 Å². The Balaban J connectivity index is 1.09. The predicted molar refractivity (Wildman–Crippen MR) is 141 cm³/mol. The maximum atomic E-state index is 14.1. The predicted octanol–water partition coefficient (Wildman–Crippen LogP) is 4.34. The first kappa shape index (κ1) is 26.4. The second kappa shape index (κ2) is 11.3. The number of imidazole rings is 1. The van der Waals surface area contributed by atoms with Gasteiger partial charge in [-0.3, -0.25) is 4.90 Å². The molecule has 4 aromatic rings. The highest BCUT2D eigenvalue weighted by molar-refractivity contribution is 6.30. The number of aromatic nitrogens is 5. The molecule has 0 radical (unpaired) electrons. The second-order valence-corrected chi connectivity index (χ2v) is 10.1. The number of hydrogen-bond acceptors (Lipinski definition) is 9. The fraction of sp³-hybridized carbons (Fsp3) is 0.370. The molecule has 2 fully saturated rings. The number of rotatable bonds is 9. The van der Waals surface area contributed by atoms with Crippen LogP contribution in [-0.2, 0) is 17.8 Å². The molecule has 2 aliphatic heterocycles. The third-order valence-corrected chi connectivity index (χ3v) is 7.20. The third kappa shape index (κ3) is 5.83. The molecule has 40 heavy (non-hydrogen) atoms. The molecule has 0 saturated carbocycles. The Labute approximate surface area is 233 Å². The molecule has 0 aliphatic carbocycles. The average Bonchev–Trinajstić information content (AvgIpc) is 3.25. The van der Waals surface area contributed by atoms with Crippen molar-refractivity contribution in [2.45, 2.75) is 44.6 Å². The number of ether oxygens (including phenoxy) is 3. The minimum absolute atomic E-state index is 0.00994. The monoisotopic (exact) mass is 568 g/mol. The minimum atomic E-state index is -1.07. The number of piperidine rings is 1. The molecule has 2 aliphatic rings. The van der Waals surface area contributed by atoms with E-state index >= 15 is 0 Å². The van der Waals surface area contributed by atoms with Crippen LogP contribution in [0.5, 0.6) is 17.6 Å². The molecule has 0 amide bonds. The number of aromatic carboxylic acids is 1. The van der Waals surface area contributed by atoms with Crippen LogP contribution in [0.4, 0.5) is 4.39 Å². The van der Waals surface area contributed by atoms with Gasteiger partial charge in [0.2, 0.25) is 5.88 Å².